The number of pyridine rings is 1. The minimum Gasteiger partial charge on any atom is -0.497 e. The first kappa shape index (κ1) is 19.3. The summed E-state index contributed by atoms with van der Waals surface area (Å²) in [6.45, 7) is 0. The van der Waals surface area contributed by atoms with Crippen molar-refractivity contribution in [1.29, 1.82) is 0 Å². The van der Waals surface area contributed by atoms with Crippen molar-refractivity contribution in [3.63, 3.8) is 0 Å². The average Bonchev–Trinajstić information content (AvgIpc) is 3.18. The second kappa shape index (κ2) is 8.15. The molecule has 1 saturated carbocycles. The van der Waals surface area contributed by atoms with Gasteiger partial charge in [0.2, 0.25) is 0 Å². The van der Waals surface area contributed by atoms with Crippen LogP contribution in [0.25, 0.3) is 11.1 Å². The third kappa shape index (κ3) is 4.21. The molecule has 6 heteroatoms. The Morgan fingerprint density at radius 1 is 1.03 bits per heavy atom. The van der Waals surface area contributed by atoms with Gasteiger partial charge < -0.3 is 14.6 Å². The van der Waals surface area contributed by atoms with E-state index in [0.717, 1.165) is 42.6 Å². The summed E-state index contributed by atoms with van der Waals surface area (Å²) in [5.41, 5.74) is 4.05. The van der Waals surface area contributed by atoms with Gasteiger partial charge in [0.05, 0.1) is 13.3 Å². The Kier molecular flexibility index (Phi) is 5.43. The number of methoxy groups -OCH3 is 1. The molecule has 1 N–H and O–H groups in total. The molecule has 0 unspecified atom stereocenters. The molecule has 2 aromatic heterocycles. The van der Waals surface area contributed by atoms with Gasteiger partial charge in [-0.1, -0.05) is 12.1 Å². The molecule has 4 rings (SSSR count). The third-order valence-electron chi connectivity index (χ3n) is 5.90. The first-order valence-corrected chi connectivity index (χ1v) is 10.1. The second-order valence-corrected chi connectivity index (χ2v) is 7.93. The van der Waals surface area contributed by atoms with Crippen LogP contribution in [0.2, 0.25) is 0 Å². The van der Waals surface area contributed by atoms with Crippen molar-refractivity contribution < 1.29 is 4.74 Å². The maximum atomic E-state index is 12.6. The quantitative estimate of drug-likeness (QED) is 0.715. The van der Waals surface area contributed by atoms with Gasteiger partial charge in [0.25, 0.3) is 5.56 Å². The average molecular weight is 393 g/mol. The Morgan fingerprint density at radius 2 is 1.76 bits per heavy atom. The molecule has 0 atom stereocenters. The molecule has 2 heterocycles. The van der Waals surface area contributed by atoms with Gasteiger partial charge in [0.1, 0.15) is 11.4 Å². The smallest absolute Gasteiger partial charge is 0.273 e. The molecular weight excluding hydrogens is 364 g/mol. The molecular formula is C23H28N4O2. The molecule has 29 heavy (non-hydrogen) atoms. The van der Waals surface area contributed by atoms with E-state index in [4.69, 9.17) is 4.74 Å². The van der Waals surface area contributed by atoms with Gasteiger partial charge in [-0.2, -0.15) is 5.10 Å². The van der Waals surface area contributed by atoms with Crippen LogP contribution in [0.4, 0.5) is 5.69 Å². The molecule has 152 valence electrons. The normalized spacial score (nSPS) is 19.1. The van der Waals surface area contributed by atoms with Crippen molar-refractivity contribution >= 4 is 5.69 Å². The molecule has 0 amide bonds. The molecule has 0 spiro atoms. The lowest BCUT2D eigenvalue weighted by Crippen LogP contribution is -2.30. The van der Waals surface area contributed by atoms with Crippen molar-refractivity contribution in [1.82, 2.24) is 14.3 Å². The second-order valence-electron chi connectivity index (χ2n) is 7.93. The number of hydrogen-bond donors (Lipinski definition) is 1. The monoisotopic (exact) mass is 392 g/mol. The van der Waals surface area contributed by atoms with E-state index in [-0.39, 0.29) is 5.56 Å². The van der Waals surface area contributed by atoms with Crippen LogP contribution in [0, 0.1) is 0 Å². The molecule has 1 aliphatic rings. The van der Waals surface area contributed by atoms with Gasteiger partial charge in [0.15, 0.2) is 0 Å². The summed E-state index contributed by atoms with van der Waals surface area (Å²) in [6, 6.07) is 10.7. The van der Waals surface area contributed by atoms with Crippen molar-refractivity contribution in [2.24, 2.45) is 14.1 Å². The standard InChI is InChI=1S/C23H28N4O2/c1-26-14-18(19-13-24-27(2)15-19)12-22(23(26)28)25-20-8-4-16(5-9-20)17-6-10-21(29-3)11-7-17/h6-7,10-16,20,25H,4-5,8-9H2,1-3H3/t16-,20-. The van der Waals surface area contributed by atoms with Crippen molar-refractivity contribution in [2.75, 3.05) is 12.4 Å². The molecule has 0 aliphatic heterocycles. The number of hydrogen-bond acceptors (Lipinski definition) is 4. The summed E-state index contributed by atoms with van der Waals surface area (Å²) in [5.74, 6) is 1.47. The highest BCUT2D eigenvalue weighted by atomic mass is 16.5. The Balaban J connectivity index is 1.45. The summed E-state index contributed by atoms with van der Waals surface area (Å²) < 4.78 is 8.68. The van der Waals surface area contributed by atoms with Crippen LogP contribution in [-0.4, -0.2) is 27.5 Å². The molecule has 1 aromatic carbocycles. The molecule has 1 aliphatic carbocycles. The Bertz CT molecular complexity index is 1030. The number of rotatable bonds is 5. The predicted octanol–water partition coefficient (Wildman–Crippen LogP) is 3.93. The highest BCUT2D eigenvalue weighted by Gasteiger charge is 2.23. The van der Waals surface area contributed by atoms with Gasteiger partial charge in [-0.3, -0.25) is 9.48 Å². The third-order valence-corrected chi connectivity index (χ3v) is 5.90. The van der Waals surface area contributed by atoms with E-state index in [2.05, 4.69) is 22.5 Å². The zero-order valence-corrected chi connectivity index (χ0v) is 17.3. The molecule has 3 aromatic rings. The summed E-state index contributed by atoms with van der Waals surface area (Å²) in [6.07, 6.45) is 9.99. The van der Waals surface area contributed by atoms with E-state index >= 15 is 0 Å². The SMILES string of the molecule is COc1ccc([C@H]2CC[C@H](Nc3cc(-c4cnn(C)c4)cn(C)c3=O)CC2)cc1. The van der Waals surface area contributed by atoms with Gasteiger partial charge in [-0.25, -0.2) is 0 Å². The Morgan fingerprint density at radius 3 is 2.38 bits per heavy atom. The molecule has 0 saturated heterocycles. The number of aromatic nitrogens is 3. The van der Waals surface area contributed by atoms with E-state index in [0.29, 0.717) is 17.6 Å². The fourth-order valence-electron chi connectivity index (χ4n) is 4.21. The maximum Gasteiger partial charge on any atom is 0.273 e. The van der Waals surface area contributed by atoms with Crippen LogP contribution in [0.1, 0.15) is 37.2 Å². The molecule has 0 bridgehead atoms. The van der Waals surface area contributed by atoms with Gasteiger partial charge in [0, 0.05) is 43.7 Å². The van der Waals surface area contributed by atoms with Crippen molar-refractivity contribution in [2.45, 2.75) is 37.6 Å². The Labute approximate surface area is 171 Å². The lowest BCUT2D eigenvalue weighted by molar-refractivity contribution is 0.406. The maximum absolute atomic E-state index is 12.6. The summed E-state index contributed by atoms with van der Waals surface area (Å²) in [7, 11) is 5.39. The van der Waals surface area contributed by atoms with E-state index in [1.165, 1.54) is 5.56 Å². The van der Waals surface area contributed by atoms with Crippen LogP contribution in [0.3, 0.4) is 0 Å². The van der Waals surface area contributed by atoms with Crippen LogP contribution in [0.5, 0.6) is 5.75 Å². The minimum absolute atomic E-state index is 0.00918. The number of aryl methyl sites for hydroxylation is 2. The highest BCUT2D eigenvalue weighted by Crippen LogP contribution is 2.34. The summed E-state index contributed by atoms with van der Waals surface area (Å²) in [4.78, 5) is 12.6. The van der Waals surface area contributed by atoms with Crippen molar-refractivity contribution in [3.8, 4) is 16.9 Å². The fraction of sp³-hybridized carbons (Fsp3) is 0.391. The predicted molar refractivity (Wildman–Crippen MR) is 115 cm³/mol. The molecule has 6 nitrogen and oxygen atoms in total. The van der Waals surface area contributed by atoms with Crippen molar-refractivity contribution in [3.05, 3.63) is 64.8 Å². The van der Waals surface area contributed by atoms with Gasteiger partial charge in [-0.15, -0.1) is 0 Å². The summed E-state index contributed by atoms with van der Waals surface area (Å²) in [5, 5.41) is 7.76. The van der Waals surface area contributed by atoms with E-state index in [1.807, 2.05) is 43.8 Å². The summed E-state index contributed by atoms with van der Waals surface area (Å²) >= 11 is 0. The lowest BCUT2D eigenvalue weighted by atomic mass is 9.81. The number of nitrogens with one attached hydrogen (secondary N) is 1. The number of ether oxygens (including phenoxy) is 1. The van der Waals surface area contributed by atoms with E-state index in [1.54, 1.807) is 23.4 Å². The van der Waals surface area contributed by atoms with Crippen LogP contribution in [-0.2, 0) is 14.1 Å². The largest absolute Gasteiger partial charge is 0.497 e. The van der Waals surface area contributed by atoms with E-state index < -0.39 is 0 Å². The van der Waals surface area contributed by atoms with E-state index in [9.17, 15) is 4.79 Å². The number of nitrogens with zero attached hydrogens (tertiary/aromatic N) is 3. The van der Waals surface area contributed by atoms with Gasteiger partial charge >= 0.3 is 0 Å². The van der Waals surface area contributed by atoms with Crippen LogP contribution in [0.15, 0.2) is 53.7 Å². The van der Waals surface area contributed by atoms with Crippen LogP contribution < -0.4 is 15.6 Å². The Hall–Kier alpha value is -3.02. The van der Waals surface area contributed by atoms with Gasteiger partial charge in [-0.05, 0) is 55.4 Å². The highest BCUT2D eigenvalue weighted by molar-refractivity contribution is 5.65. The van der Waals surface area contributed by atoms with Crippen LogP contribution >= 0.6 is 0 Å². The molecule has 0 radical (unpaired) electrons. The zero-order chi connectivity index (χ0) is 20.4. The number of anilines is 1. The lowest BCUT2D eigenvalue weighted by Gasteiger charge is -2.30. The number of benzene rings is 1. The fourth-order valence-corrected chi connectivity index (χ4v) is 4.21. The topological polar surface area (TPSA) is 61.1 Å². The molecule has 1 fully saturated rings. The minimum atomic E-state index is 0.00918. The zero-order valence-electron chi connectivity index (χ0n) is 17.3. The first-order valence-electron chi connectivity index (χ1n) is 10.1. The first-order chi connectivity index (χ1) is 14.0.